The minimum atomic E-state index is -0.852. The van der Waals surface area contributed by atoms with Gasteiger partial charge in [0.05, 0.1) is 6.61 Å². The van der Waals surface area contributed by atoms with Crippen LogP contribution in [-0.2, 0) is 9.59 Å². The molecule has 0 aliphatic rings. The molecule has 1 aromatic rings. The summed E-state index contributed by atoms with van der Waals surface area (Å²) < 4.78 is 0. The summed E-state index contributed by atoms with van der Waals surface area (Å²) in [5, 5.41) is 13.0. The Morgan fingerprint density at radius 2 is 1.72 bits per heavy atom. The van der Waals surface area contributed by atoms with Gasteiger partial charge < -0.3 is 21.5 Å². The van der Waals surface area contributed by atoms with Crippen molar-refractivity contribution in [3.8, 4) is 0 Å². The number of rotatable bonds is 4. The van der Waals surface area contributed by atoms with E-state index in [-0.39, 0.29) is 13.2 Å². The third-order valence-corrected chi connectivity index (χ3v) is 2.03. The highest BCUT2D eigenvalue weighted by molar-refractivity contribution is 6.39. The molecule has 0 aliphatic carbocycles. The summed E-state index contributed by atoms with van der Waals surface area (Å²) in [7, 11) is 0. The summed E-state index contributed by atoms with van der Waals surface area (Å²) in [6.45, 7) is -0.237. The molecule has 0 atom stereocenters. The second-order valence-electron chi connectivity index (χ2n) is 3.38. The molecule has 7 heteroatoms. The summed E-state index contributed by atoms with van der Waals surface area (Å²) in [5.74, 6) is -2.27. The van der Waals surface area contributed by atoms with Crippen LogP contribution in [0.1, 0.15) is 10.4 Å². The van der Waals surface area contributed by atoms with Gasteiger partial charge in [0.1, 0.15) is 0 Å². The summed E-state index contributed by atoms with van der Waals surface area (Å²) in [5.41, 5.74) is 5.72. The average Bonchev–Trinajstić information content (AvgIpc) is 2.36. The molecule has 0 saturated carbocycles. The predicted molar refractivity (Wildman–Crippen MR) is 63.7 cm³/mol. The molecule has 0 spiro atoms. The van der Waals surface area contributed by atoms with Crippen LogP contribution in [0.4, 0.5) is 5.69 Å². The molecule has 3 amide bonds. The van der Waals surface area contributed by atoms with E-state index in [2.05, 4.69) is 10.6 Å². The molecule has 0 fully saturated rings. The highest BCUT2D eigenvalue weighted by Crippen LogP contribution is 2.08. The number of hydrogen-bond donors (Lipinski definition) is 4. The molecule has 0 aliphatic heterocycles. The summed E-state index contributed by atoms with van der Waals surface area (Å²) in [6, 6.07) is 5.78. The molecule has 7 nitrogen and oxygen atoms in total. The van der Waals surface area contributed by atoms with Gasteiger partial charge >= 0.3 is 11.8 Å². The number of anilines is 1. The number of hydrogen-bond acceptors (Lipinski definition) is 4. The van der Waals surface area contributed by atoms with E-state index in [0.717, 1.165) is 0 Å². The number of nitrogens with two attached hydrogens (primary N) is 1. The Hall–Kier alpha value is -2.41. The molecule has 5 N–H and O–H groups in total. The highest BCUT2D eigenvalue weighted by Gasteiger charge is 2.12. The fourth-order valence-corrected chi connectivity index (χ4v) is 1.16. The predicted octanol–water partition coefficient (Wildman–Crippen LogP) is -1.17. The lowest BCUT2D eigenvalue weighted by atomic mass is 10.2. The molecule has 18 heavy (non-hydrogen) atoms. The number of carbonyl (C=O) groups is 3. The standard InChI is InChI=1S/C11H13N3O4/c12-9(16)7-1-3-8(4-2-7)14-11(18)10(17)13-5-6-15/h1-4,15H,5-6H2,(H2,12,16)(H,13,17)(H,14,18). The van der Waals surface area contributed by atoms with Gasteiger partial charge in [-0.25, -0.2) is 0 Å². The van der Waals surface area contributed by atoms with Gasteiger partial charge in [-0.15, -0.1) is 0 Å². The third kappa shape index (κ3) is 3.87. The Balaban J connectivity index is 2.59. The SMILES string of the molecule is NC(=O)c1ccc(NC(=O)C(=O)NCCO)cc1. The fraction of sp³-hybridized carbons (Fsp3) is 0.182. The van der Waals surface area contributed by atoms with E-state index < -0.39 is 17.7 Å². The van der Waals surface area contributed by atoms with Gasteiger partial charge in [-0.2, -0.15) is 0 Å². The zero-order valence-corrected chi connectivity index (χ0v) is 9.47. The molecule has 0 radical (unpaired) electrons. The smallest absolute Gasteiger partial charge is 0.313 e. The molecular formula is C11H13N3O4. The second-order valence-corrected chi connectivity index (χ2v) is 3.38. The van der Waals surface area contributed by atoms with Crippen LogP contribution in [0.3, 0.4) is 0 Å². The van der Waals surface area contributed by atoms with Gasteiger partial charge in [0.15, 0.2) is 0 Å². The number of primary amides is 1. The first-order chi connectivity index (χ1) is 8.54. The van der Waals surface area contributed by atoms with Crippen LogP contribution in [0, 0.1) is 0 Å². The van der Waals surface area contributed by atoms with Gasteiger partial charge in [0.25, 0.3) is 0 Å². The summed E-state index contributed by atoms with van der Waals surface area (Å²) >= 11 is 0. The van der Waals surface area contributed by atoms with Crippen LogP contribution in [0.2, 0.25) is 0 Å². The lowest BCUT2D eigenvalue weighted by Gasteiger charge is -2.05. The number of benzene rings is 1. The molecule has 0 unspecified atom stereocenters. The van der Waals surface area contributed by atoms with Gasteiger partial charge in [-0.1, -0.05) is 0 Å². The minimum Gasteiger partial charge on any atom is -0.395 e. The van der Waals surface area contributed by atoms with Crippen LogP contribution >= 0.6 is 0 Å². The molecule has 96 valence electrons. The Morgan fingerprint density at radius 3 is 2.22 bits per heavy atom. The lowest BCUT2D eigenvalue weighted by molar-refractivity contribution is -0.136. The average molecular weight is 251 g/mol. The quantitative estimate of drug-likeness (QED) is 0.504. The van der Waals surface area contributed by atoms with Gasteiger partial charge in [0, 0.05) is 17.8 Å². The highest BCUT2D eigenvalue weighted by atomic mass is 16.3. The van der Waals surface area contributed by atoms with Crippen molar-refractivity contribution in [2.45, 2.75) is 0 Å². The van der Waals surface area contributed by atoms with Crippen molar-refractivity contribution in [3.63, 3.8) is 0 Å². The normalized spacial score (nSPS) is 9.61. The second kappa shape index (κ2) is 6.36. The Bertz CT molecular complexity index is 456. The van der Waals surface area contributed by atoms with Crippen molar-refractivity contribution in [1.29, 1.82) is 0 Å². The van der Waals surface area contributed by atoms with Crippen molar-refractivity contribution >= 4 is 23.4 Å². The minimum absolute atomic E-state index is 0.00681. The monoisotopic (exact) mass is 251 g/mol. The maximum atomic E-state index is 11.3. The first-order valence-corrected chi connectivity index (χ1v) is 5.14. The van der Waals surface area contributed by atoms with Crippen LogP contribution < -0.4 is 16.4 Å². The van der Waals surface area contributed by atoms with E-state index in [1.165, 1.54) is 24.3 Å². The van der Waals surface area contributed by atoms with Crippen molar-refractivity contribution in [1.82, 2.24) is 5.32 Å². The van der Waals surface area contributed by atoms with E-state index in [9.17, 15) is 14.4 Å². The van der Waals surface area contributed by atoms with Gasteiger partial charge in [-0.3, -0.25) is 14.4 Å². The van der Waals surface area contributed by atoms with Crippen molar-refractivity contribution in [2.24, 2.45) is 5.73 Å². The molecule has 1 rings (SSSR count). The summed E-state index contributed by atoms with van der Waals surface area (Å²) in [4.78, 5) is 33.3. The van der Waals surface area contributed by atoms with Gasteiger partial charge in [0.2, 0.25) is 5.91 Å². The largest absolute Gasteiger partial charge is 0.395 e. The molecular weight excluding hydrogens is 238 g/mol. The molecule has 0 bridgehead atoms. The molecule has 0 aromatic heterocycles. The van der Waals surface area contributed by atoms with E-state index in [0.29, 0.717) is 11.3 Å². The van der Waals surface area contributed by atoms with Crippen LogP contribution in [0.15, 0.2) is 24.3 Å². The van der Waals surface area contributed by atoms with Gasteiger partial charge in [-0.05, 0) is 24.3 Å². The molecule has 0 saturated heterocycles. The maximum absolute atomic E-state index is 11.3. The van der Waals surface area contributed by atoms with Crippen molar-refractivity contribution in [2.75, 3.05) is 18.5 Å². The molecule has 0 heterocycles. The topological polar surface area (TPSA) is 122 Å². The van der Waals surface area contributed by atoms with Crippen LogP contribution in [-0.4, -0.2) is 36.0 Å². The van der Waals surface area contributed by atoms with Crippen molar-refractivity contribution in [3.05, 3.63) is 29.8 Å². The maximum Gasteiger partial charge on any atom is 0.313 e. The number of aliphatic hydroxyl groups excluding tert-OH is 1. The number of carbonyl (C=O) groups excluding carboxylic acids is 3. The van der Waals surface area contributed by atoms with E-state index >= 15 is 0 Å². The lowest BCUT2D eigenvalue weighted by Crippen LogP contribution is -2.36. The van der Waals surface area contributed by atoms with Crippen molar-refractivity contribution < 1.29 is 19.5 Å². The van der Waals surface area contributed by atoms with Crippen LogP contribution in [0.25, 0.3) is 0 Å². The Labute approximate surface area is 103 Å². The van der Waals surface area contributed by atoms with E-state index in [1.54, 1.807) is 0 Å². The Morgan fingerprint density at radius 1 is 1.11 bits per heavy atom. The zero-order valence-electron chi connectivity index (χ0n) is 9.47. The van der Waals surface area contributed by atoms with E-state index in [1.807, 2.05) is 0 Å². The first-order valence-electron chi connectivity index (χ1n) is 5.14. The third-order valence-electron chi connectivity index (χ3n) is 2.03. The zero-order chi connectivity index (χ0) is 13.5. The molecule has 1 aromatic carbocycles. The fourth-order valence-electron chi connectivity index (χ4n) is 1.16. The van der Waals surface area contributed by atoms with Crippen LogP contribution in [0.5, 0.6) is 0 Å². The number of nitrogens with one attached hydrogen (secondary N) is 2. The summed E-state index contributed by atoms with van der Waals surface area (Å²) in [6.07, 6.45) is 0. The number of amides is 3. The number of aliphatic hydroxyl groups is 1. The Kier molecular flexibility index (Phi) is 4.82. The van der Waals surface area contributed by atoms with E-state index in [4.69, 9.17) is 10.8 Å². The first kappa shape index (κ1) is 13.7.